The fourth-order valence-corrected chi connectivity index (χ4v) is 1.81. The molecule has 0 spiro atoms. The van der Waals surface area contributed by atoms with Gasteiger partial charge in [-0.2, -0.15) is 0 Å². The number of fused-ring (bicyclic) bond motifs is 1. The molecule has 0 fully saturated rings. The van der Waals surface area contributed by atoms with Crippen molar-refractivity contribution in [2.45, 2.75) is 13.5 Å². The van der Waals surface area contributed by atoms with Crippen LogP contribution in [0.15, 0.2) is 30.5 Å². The van der Waals surface area contributed by atoms with Crippen LogP contribution >= 0.6 is 11.6 Å². The maximum Gasteiger partial charge on any atom is 0.0761 e. The Kier molecular flexibility index (Phi) is 3.19. The summed E-state index contributed by atoms with van der Waals surface area (Å²) in [4.78, 5) is 4.37. The summed E-state index contributed by atoms with van der Waals surface area (Å²) in [6, 6.07) is 7.87. The summed E-state index contributed by atoms with van der Waals surface area (Å²) in [5.41, 5.74) is 2.18. The van der Waals surface area contributed by atoms with Gasteiger partial charge in [-0.3, -0.25) is 4.98 Å². The normalized spacial score (nSPS) is 10.8. The summed E-state index contributed by atoms with van der Waals surface area (Å²) in [6.07, 6.45) is 1.80. The van der Waals surface area contributed by atoms with E-state index in [0.29, 0.717) is 0 Å². The zero-order chi connectivity index (χ0) is 10.7. The van der Waals surface area contributed by atoms with E-state index in [1.807, 2.05) is 24.3 Å². The number of rotatable bonds is 3. The van der Waals surface area contributed by atoms with E-state index in [2.05, 4.69) is 17.2 Å². The SMILES string of the molecule is CCNCc1ccc(Cl)c2cccnc12. The van der Waals surface area contributed by atoms with E-state index in [1.54, 1.807) is 6.20 Å². The molecule has 0 amide bonds. The highest BCUT2D eigenvalue weighted by atomic mass is 35.5. The minimum Gasteiger partial charge on any atom is -0.313 e. The number of nitrogens with one attached hydrogen (secondary N) is 1. The second-order valence-corrected chi connectivity index (χ2v) is 3.79. The van der Waals surface area contributed by atoms with E-state index in [1.165, 1.54) is 5.56 Å². The first kappa shape index (κ1) is 10.4. The molecule has 0 bridgehead atoms. The van der Waals surface area contributed by atoms with Crippen LogP contribution in [0, 0.1) is 0 Å². The third-order valence-electron chi connectivity index (χ3n) is 2.37. The average Bonchev–Trinajstić information content (AvgIpc) is 2.29. The van der Waals surface area contributed by atoms with E-state index in [-0.39, 0.29) is 0 Å². The van der Waals surface area contributed by atoms with Gasteiger partial charge >= 0.3 is 0 Å². The van der Waals surface area contributed by atoms with E-state index in [0.717, 1.165) is 29.0 Å². The lowest BCUT2D eigenvalue weighted by Gasteiger charge is -2.07. The number of pyridine rings is 1. The van der Waals surface area contributed by atoms with Gasteiger partial charge in [0.1, 0.15) is 0 Å². The summed E-state index contributed by atoms with van der Waals surface area (Å²) in [7, 11) is 0. The van der Waals surface area contributed by atoms with Crippen molar-refractivity contribution >= 4 is 22.5 Å². The number of benzene rings is 1. The monoisotopic (exact) mass is 220 g/mol. The highest BCUT2D eigenvalue weighted by Gasteiger charge is 2.04. The maximum absolute atomic E-state index is 6.10. The fraction of sp³-hybridized carbons (Fsp3) is 0.250. The smallest absolute Gasteiger partial charge is 0.0761 e. The van der Waals surface area contributed by atoms with Crippen LogP contribution in [0.1, 0.15) is 12.5 Å². The average molecular weight is 221 g/mol. The highest BCUT2D eigenvalue weighted by Crippen LogP contribution is 2.24. The van der Waals surface area contributed by atoms with Crippen LogP contribution < -0.4 is 5.32 Å². The first-order valence-corrected chi connectivity index (χ1v) is 5.43. The zero-order valence-electron chi connectivity index (χ0n) is 8.63. The Labute approximate surface area is 94.3 Å². The number of nitrogens with zero attached hydrogens (tertiary/aromatic N) is 1. The number of hydrogen-bond acceptors (Lipinski definition) is 2. The van der Waals surface area contributed by atoms with E-state index >= 15 is 0 Å². The van der Waals surface area contributed by atoms with Crippen LogP contribution in [0.5, 0.6) is 0 Å². The van der Waals surface area contributed by atoms with Gasteiger partial charge < -0.3 is 5.32 Å². The Hall–Kier alpha value is -1.12. The van der Waals surface area contributed by atoms with Crippen molar-refractivity contribution in [2.75, 3.05) is 6.54 Å². The van der Waals surface area contributed by atoms with Crippen molar-refractivity contribution in [3.8, 4) is 0 Å². The van der Waals surface area contributed by atoms with E-state index in [9.17, 15) is 0 Å². The Morgan fingerprint density at radius 2 is 2.20 bits per heavy atom. The molecule has 0 aliphatic carbocycles. The van der Waals surface area contributed by atoms with Crippen molar-refractivity contribution < 1.29 is 0 Å². The largest absolute Gasteiger partial charge is 0.313 e. The molecular weight excluding hydrogens is 208 g/mol. The maximum atomic E-state index is 6.10. The Morgan fingerprint density at radius 1 is 1.33 bits per heavy atom. The van der Waals surface area contributed by atoms with Crippen LogP contribution in [0.25, 0.3) is 10.9 Å². The zero-order valence-corrected chi connectivity index (χ0v) is 9.38. The number of hydrogen-bond donors (Lipinski definition) is 1. The molecule has 0 aliphatic rings. The van der Waals surface area contributed by atoms with Gasteiger partial charge in [0.15, 0.2) is 0 Å². The molecule has 2 nitrogen and oxygen atoms in total. The van der Waals surface area contributed by atoms with Gasteiger partial charge in [0.2, 0.25) is 0 Å². The Morgan fingerprint density at radius 3 is 3.00 bits per heavy atom. The quantitative estimate of drug-likeness (QED) is 0.860. The highest BCUT2D eigenvalue weighted by molar-refractivity contribution is 6.35. The predicted octanol–water partition coefficient (Wildman–Crippen LogP) is 3.00. The lowest BCUT2D eigenvalue weighted by atomic mass is 10.1. The van der Waals surface area contributed by atoms with Crippen LogP contribution in [-0.4, -0.2) is 11.5 Å². The molecule has 0 atom stereocenters. The molecule has 0 saturated carbocycles. The van der Waals surface area contributed by atoms with Crippen LogP contribution in [0.2, 0.25) is 5.02 Å². The van der Waals surface area contributed by atoms with Gasteiger partial charge in [-0.1, -0.05) is 24.6 Å². The predicted molar refractivity (Wildman–Crippen MR) is 64.1 cm³/mol. The molecule has 2 rings (SSSR count). The number of halogens is 1. The van der Waals surface area contributed by atoms with Crippen molar-refractivity contribution in [1.29, 1.82) is 0 Å². The molecule has 0 saturated heterocycles. The van der Waals surface area contributed by atoms with Gasteiger partial charge in [-0.05, 0) is 30.3 Å². The van der Waals surface area contributed by atoms with E-state index in [4.69, 9.17) is 11.6 Å². The summed E-state index contributed by atoms with van der Waals surface area (Å²) in [5.74, 6) is 0. The van der Waals surface area contributed by atoms with Crippen LogP contribution in [-0.2, 0) is 6.54 Å². The lowest BCUT2D eigenvalue weighted by molar-refractivity contribution is 0.729. The minimum absolute atomic E-state index is 0.762. The van der Waals surface area contributed by atoms with Gasteiger partial charge in [0.05, 0.1) is 5.52 Å². The van der Waals surface area contributed by atoms with Gasteiger partial charge in [-0.15, -0.1) is 0 Å². The fourth-order valence-electron chi connectivity index (χ4n) is 1.60. The van der Waals surface area contributed by atoms with E-state index < -0.39 is 0 Å². The van der Waals surface area contributed by atoms with Gasteiger partial charge in [0, 0.05) is 23.2 Å². The third kappa shape index (κ3) is 2.11. The molecule has 3 heteroatoms. The minimum atomic E-state index is 0.762. The molecule has 1 heterocycles. The molecule has 0 radical (unpaired) electrons. The second kappa shape index (κ2) is 4.60. The summed E-state index contributed by atoms with van der Waals surface area (Å²) >= 11 is 6.10. The number of aromatic nitrogens is 1. The lowest BCUT2D eigenvalue weighted by Crippen LogP contribution is -2.12. The molecule has 2 aromatic rings. The standard InChI is InChI=1S/C12H13ClN2/c1-2-14-8-9-5-6-11(13)10-4-3-7-15-12(9)10/h3-7,14H,2,8H2,1H3. The summed E-state index contributed by atoms with van der Waals surface area (Å²) in [5, 5.41) is 5.08. The molecule has 78 valence electrons. The van der Waals surface area contributed by atoms with Gasteiger partial charge in [-0.25, -0.2) is 0 Å². The van der Waals surface area contributed by atoms with Gasteiger partial charge in [0.25, 0.3) is 0 Å². The van der Waals surface area contributed by atoms with Crippen molar-refractivity contribution in [3.05, 3.63) is 41.0 Å². The molecule has 0 unspecified atom stereocenters. The van der Waals surface area contributed by atoms with Crippen molar-refractivity contribution in [1.82, 2.24) is 10.3 Å². The van der Waals surface area contributed by atoms with Crippen molar-refractivity contribution in [2.24, 2.45) is 0 Å². The van der Waals surface area contributed by atoms with Crippen molar-refractivity contribution in [3.63, 3.8) is 0 Å². The second-order valence-electron chi connectivity index (χ2n) is 3.39. The molecular formula is C12H13ClN2. The first-order chi connectivity index (χ1) is 7.33. The van der Waals surface area contributed by atoms with Crippen LogP contribution in [0.3, 0.4) is 0 Å². The Balaban J connectivity index is 2.51. The topological polar surface area (TPSA) is 24.9 Å². The summed E-state index contributed by atoms with van der Waals surface area (Å²) in [6.45, 7) is 3.88. The molecule has 1 N–H and O–H groups in total. The summed E-state index contributed by atoms with van der Waals surface area (Å²) < 4.78 is 0. The molecule has 1 aromatic carbocycles. The molecule has 15 heavy (non-hydrogen) atoms. The Bertz CT molecular complexity index is 468. The molecule has 0 aliphatic heterocycles. The molecule has 1 aromatic heterocycles. The first-order valence-electron chi connectivity index (χ1n) is 5.05. The third-order valence-corrected chi connectivity index (χ3v) is 2.70. The van der Waals surface area contributed by atoms with Crippen LogP contribution in [0.4, 0.5) is 0 Å².